The van der Waals surface area contributed by atoms with Gasteiger partial charge in [0.05, 0.1) is 16.9 Å². The maximum absolute atomic E-state index is 11.9. The van der Waals surface area contributed by atoms with E-state index in [4.69, 9.17) is 33.8 Å². The van der Waals surface area contributed by atoms with Gasteiger partial charge in [-0.2, -0.15) is 0 Å². The van der Waals surface area contributed by atoms with Crippen LogP contribution in [0.3, 0.4) is 0 Å². The molecule has 0 aliphatic heterocycles. The number of halogens is 2. The number of rotatable bonds is 9. The molecule has 0 fully saturated rings. The smallest absolute Gasteiger partial charge is 0.230 e. The van der Waals surface area contributed by atoms with Gasteiger partial charge in [0.2, 0.25) is 11.1 Å². The number of carbonyl (C=O) groups is 1. The van der Waals surface area contributed by atoms with Gasteiger partial charge in [0.15, 0.2) is 5.82 Å². The zero-order valence-electron chi connectivity index (χ0n) is 14.5. The van der Waals surface area contributed by atoms with E-state index in [9.17, 15) is 4.79 Å². The predicted octanol–water partition coefficient (Wildman–Crippen LogP) is 2.99. The molecule has 3 N–H and O–H groups in total. The number of nitrogens with two attached hydrogens (primary N) is 1. The summed E-state index contributed by atoms with van der Waals surface area (Å²) >= 11 is 13.4. The molecule has 2 aromatic rings. The van der Waals surface area contributed by atoms with E-state index < -0.39 is 0 Å². The third-order valence-corrected chi connectivity index (χ3v) is 4.77. The molecule has 0 saturated heterocycles. The molecule has 0 radical (unpaired) electrons. The molecule has 1 amide bonds. The van der Waals surface area contributed by atoms with Crippen LogP contribution in [-0.4, -0.2) is 45.8 Å². The van der Waals surface area contributed by atoms with Crippen LogP contribution >= 0.6 is 35.0 Å². The van der Waals surface area contributed by atoms with Gasteiger partial charge >= 0.3 is 0 Å². The molecule has 10 heteroatoms. The van der Waals surface area contributed by atoms with E-state index in [-0.39, 0.29) is 17.8 Å². The molecule has 1 aromatic carbocycles. The lowest BCUT2D eigenvalue weighted by atomic mass is 10.2. The Bertz CT molecular complexity index is 754. The summed E-state index contributed by atoms with van der Waals surface area (Å²) in [4.78, 5) is 11.9. The summed E-state index contributed by atoms with van der Waals surface area (Å²) in [5.74, 6) is 6.49. The third kappa shape index (κ3) is 6.05. The lowest BCUT2D eigenvalue weighted by Crippen LogP contribution is -2.27. The molecule has 0 spiro atoms. The van der Waals surface area contributed by atoms with Crippen LogP contribution in [0.2, 0.25) is 10.0 Å². The minimum absolute atomic E-state index is 0.107. The lowest BCUT2D eigenvalue weighted by Gasteiger charge is -2.08. The van der Waals surface area contributed by atoms with Crippen LogP contribution in [0.15, 0.2) is 23.4 Å². The molecular formula is C16H21Cl2N5O2S. The normalized spacial score (nSPS) is 11.1. The Morgan fingerprint density at radius 1 is 1.38 bits per heavy atom. The zero-order valence-corrected chi connectivity index (χ0v) is 16.9. The Labute approximate surface area is 166 Å². The number of nitrogens with zero attached hydrogens (tertiary/aromatic N) is 3. The van der Waals surface area contributed by atoms with Crippen LogP contribution in [-0.2, 0) is 9.53 Å². The SMILES string of the molecule is CC(C)OCCCNC(=O)CSc1nnc(-c2cc(Cl)ccc2Cl)n1N. The lowest BCUT2D eigenvalue weighted by molar-refractivity contribution is -0.118. The Morgan fingerprint density at radius 2 is 2.15 bits per heavy atom. The second-order valence-electron chi connectivity index (χ2n) is 5.71. The molecule has 0 aliphatic carbocycles. The number of nitrogens with one attached hydrogen (secondary N) is 1. The number of hydrogen-bond donors (Lipinski definition) is 2. The number of benzene rings is 1. The number of thioether (sulfide) groups is 1. The first kappa shape index (κ1) is 20.8. The summed E-state index contributed by atoms with van der Waals surface area (Å²) in [6, 6.07) is 5.01. The Morgan fingerprint density at radius 3 is 2.88 bits per heavy atom. The van der Waals surface area contributed by atoms with Gasteiger partial charge in [-0.1, -0.05) is 35.0 Å². The van der Waals surface area contributed by atoms with E-state index in [1.807, 2.05) is 13.8 Å². The first-order valence-electron chi connectivity index (χ1n) is 8.05. The Balaban J connectivity index is 1.86. The van der Waals surface area contributed by atoms with E-state index in [1.54, 1.807) is 18.2 Å². The Kier molecular flexibility index (Phi) is 8.02. The highest BCUT2D eigenvalue weighted by molar-refractivity contribution is 7.99. The van der Waals surface area contributed by atoms with Gasteiger partial charge in [-0.15, -0.1) is 10.2 Å². The van der Waals surface area contributed by atoms with Crippen LogP contribution in [0.1, 0.15) is 20.3 Å². The van der Waals surface area contributed by atoms with Gasteiger partial charge < -0.3 is 15.9 Å². The molecule has 0 bridgehead atoms. The van der Waals surface area contributed by atoms with E-state index in [2.05, 4.69) is 15.5 Å². The molecule has 0 saturated carbocycles. The van der Waals surface area contributed by atoms with Crippen molar-refractivity contribution in [1.29, 1.82) is 0 Å². The molecular weight excluding hydrogens is 397 g/mol. The first-order valence-corrected chi connectivity index (χ1v) is 9.79. The topological polar surface area (TPSA) is 95.1 Å². The zero-order chi connectivity index (χ0) is 19.1. The standard InChI is InChI=1S/C16H21Cl2N5O2S/c1-10(2)25-7-3-6-20-14(24)9-26-16-22-21-15(23(16)19)12-8-11(17)4-5-13(12)18/h4-5,8,10H,3,6-7,9,19H2,1-2H3,(H,20,24). The summed E-state index contributed by atoms with van der Waals surface area (Å²) in [6.45, 7) is 5.13. The Hall–Kier alpha value is -1.48. The molecule has 26 heavy (non-hydrogen) atoms. The molecule has 142 valence electrons. The number of carbonyl (C=O) groups excluding carboxylic acids is 1. The maximum atomic E-state index is 11.9. The van der Waals surface area contributed by atoms with Crippen molar-refractivity contribution in [2.75, 3.05) is 24.7 Å². The van der Waals surface area contributed by atoms with Crippen molar-refractivity contribution in [2.45, 2.75) is 31.5 Å². The van der Waals surface area contributed by atoms with Crippen LogP contribution in [0, 0.1) is 0 Å². The maximum Gasteiger partial charge on any atom is 0.230 e. The van der Waals surface area contributed by atoms with Gasteiger partial charge in [0.1, 0.15) is 0 Å². The highest BCUT2D eigenvalue weighted by Crippen LogP contribution is 2.30. The average Bonchev–Trinajstić information content (AvgIpc) is 2.95. The number of aromatic nitrogens is 3. The highest BCUT2D eigenvalue weighted by Gasteiger charge is 2.16. The van der Waals surface area contributed by atoms with Crippen molar-refractivity contribution in [1.82, 2.24) is 20.2 Å². The molecule has 2 rings (SSSR count). The van der Waals surface area contributed by atoms with Crippen molar-refractivity contribution < 1.29 is 9.53 Å². The number of hydrogen-bond acceptors (Lipinski definition) is 6. The van der Waals surface area contributed by atoms with Crippen LogP contribution < -0.4 is 11.2 Å². The first-order chi connectivity index (χ1) is 12.4. The van der Waals surface area contributed by atoms with E-state index in [1.165, 1.54) is 16.4 Å². The largest absolute Gasteiger partial charge is 0.379 e. The number of ether oxygens (including phenoxy) is 1. The number of amides is 1. The van der Waals surface area contributed by atoms with Crippen molar-refractivity contribution in [2.24, 2.45) is 0 Å². The van der Waals surface area contributed by atoms with Crippen molar-refractivity contribution in [3.63, 3.8) is 0 Å². The van der Waals surface area contributed by atoms with Crippen molar-refractivity contribution >= 4 is 40.9 Å². The summed E-state index contributed by atoms with van der Waals surface area (Å²) in [5.41, 5.74) is 0.579. The minimum atomic E-state index is -0.107. The fourth-order valence-corrected chi connectivity index (χ4v) is 3.09. The third-order valence-electron chi connectivity index (χ3n) is 3.26. The second-order valence-corrected chi connectivity index (χ2v) is 7.50. The summed E-state index contributed by atoms with van der Waals surface area (Å²) in [5, 5.41) is 12.3. The second kappa shape index (κ2) is 10.0. The van der Waals surface area contributed by atoms with E-state index in [0.29, 0.717) is 39.7 Å². The molecule has 0 unspecified atom stereocenters. The summed E-state index contributed by atoms with van der Waals surface area (Å²) in [6.07, 6.45) is 0.957. The van der Waals surface area contributed by atoms with Gasteiger partial charge in [-0.05, 0) is 38.5 Å². The average molecular weight is 418 g/mol. The van der Waals surface area contributed by atoms with Gasteiger partial charge in [-0.25, -0.2) is 4.68 Å². The molecule has 7 nitrogen and oxygen atoms in total. The minimum Gasteiger partial charge on any atom is -0.379 e. The van der Waals surface area contributed by atoms with Gasteiger partial charge in [-0.3, -0.25) is 4.79 Å². The van der Waals surface area contributed by atoms with E-state index in [0.717, 1.165) is 6.42 Å². The van der Waals surface area contributed by atoms with E-state index >= 15 is 0 Å². The molecule has 0 atom stereocenters. The summed E-state index contributed by atoms with van der Waals surface area (Å²) < 4.78 is 6.71. The molecule has 1 heterocycles. The summed E-state index contributed by atoms with van der Waals surface area (Å²) in [7, 11) is 0. The monoisotopic (exact) mass is 417 g/mol. The van der Waals surface area contributed by atoms with Crippen LogP contribution in [0.25, 0.3) is 11.4 Å². The number of nitrogen functional groups attached to an aromatic ring is 1. The van der Waals surface area contributed by atoms with Crippen LogP contribution in [0.4, 0.5) is 0 Å². The molecule has 0 aliphatic rings. The quantitative estimate of drug-likeness (QED) is 0.369. The predicted molar refractivity (Wildman–Crippen MR) is 105 cm³/mol. The molecule has 1 aromatic heterocycles. The van der Waals surface area contributed by atoms with Crippen LogP contribution in [0.5, 0.6) is 0 Å². The highest BCUT2D eigenvalue weighted by atomic mass is 35.5. The fraction of sp³-hybridized carbons (Fsp3) is 0.438. The van der Waals surface area contributed by atoms with Gasteiger partial charge in [0.25, 0.3) is 0 Å². The van der Waals surface area contributed by atoms with Gasteiger partial charge in [0, 0.05) is 23.7 Å². The van der Waals surface area contributed by atoms with Crippen molar-refractivity contribution in [3.05, 3.63) is 28.2 Å². The van der Waals surface area contributed by atoms with Crippen molar-refractivity contribution in [3.8, 4) is 11.4 Å². The fourth-order valence-electron chi connectivity index (χ4n) is 2.03.